The maximum atomic E-state index is 12.1. The molecule has 2 aromatic rings. The van der Waals surface area contributed by atoms with E-state index in [1.165, 1.54) is 6.33 Å². The van der Waals surface area contributed by atoms with Crippen molar-refractivity contribution in [2.45, 2.75) is 24.5 Å². The Morgan fingerprint density at radius 2 is 2.17 bits per heavy atom. The standard InChI is InChI=1S/C10H11ClN4O2S/c11-8-5-9-13-14-10(15(9)6-12-8)7-3-1-2-4-18(7,16)17/h5-7H,1-4H2. The lowest BCUT2D eigenvalue weighted by atomic mass is 10.2. The summed E-state index contributed by atoms with van der Waals surface area (Å²) in [5.74, 6) is 0.655. The van der Waals surface area contributed by atoms with Crippen molar-refractivity contribution in [3.63, 3.8) is 0 Å². The van der Waals surface area contributed by atoms with E-state index in [4.69, 9.17) is 11.6 Å². The highest BCUT2D eigenvalue weighted by Gasteiger charge is 2.33. The van der Waals surface area contributed by atoms with Crippen LogP contribution in [0.25, 0.3) is 5.65 Å². The van der Waals surface area contributed by atoms with E-state index in [9.17, 15) is 8.42 Å². The number of sulfone groups is 1. The first-order valence-corrected chi connectivity index (χ1v) is 7.75. The van der Waals surface area contributed by atoms with Crippen molar-refractivity contribution in [3.05, 3.63) is 23.4 Å². The second-order valence-corrected chi connectivity index (χ2v) is 7.04. The molecule has 2 aromatic heterocycles. The van der Waals surface area contributed by atoms with Crippen LogP contribution in [0.3, 0.4) is 0 Å². The Morgan fingerprint density at radius 1 is 1.33 bits per heavy atom. The van der Waals surface area contributed by atoms with Gasteiger partial charge < -0.3 is 0 Å². The van der Waals surface area contributed by atoms with Crippen LogP contribution < -0.4 is 0 Å². The summed E-state index contributed by atoms with van der Waals surface area (Å²) in [6, 6.07) is 1.56. The van der Waals surface area contributed by atoms with Crippen molar-refractivity contribution in [2.75, 3.05) is 5.75 Å². The number of fused-ring (bicyclic) bond motifs is 1. The molecule has 1 aliphatic rings. The minimum Gasteiger partial charge on any atom is -0.268 e. The van der Waals surface area contributed by atoms with Crippen LogP contribution >= 0.6 is 11.6 Å². The Hall–Kier alpha value is -1.21. The van der Waals surface area contributed by atoms with Crippen LogP contribution in [-0.2, 0) is 9.84 Å². The van der Waals surface area contributed by atoms with E-state index in [2.05, 4.69) is 15.2 Å². The zero-order valence-corrected chi connectivity index (χ0v) is 11.0. The molecule has 1 aliphatic heterocycles. The third kappa shape index (κ3) is 1.87. The summed E-state index contributed by atoms with van der Waals surface area (Å²) in [5, 5.41) is 7.67. The predicted octanol–water partition coefficient (Wildman–Crippen LogP) is 1.42. The van der Waals surface area contributed by atoms with Gasteiger partial charge in [-0.25, -0.2) is 13.4 Å². The first-order valence-electron chi connectivity index (χ1n) is 5.66. The maximum absolute atomic E-state index is 12.1. The Balaban J connectivity index is 2.14. The molecule has 0 N–H and O–H groups in total. The van der Waals surface area contributed by atoms with Gasteiger partial charge in [-0.2, -0.15) is 0 Å². The summed E-state index contributed by atoms with van der Waals surface area (Å²) in [6.07, 6.45) is 3.67. The van der Waals surface area contributed by atoms with Gasteiger partial charge in [0.1, 0.15) is 16.7 Å². The van der Waals surface area contributed by atoms with Gasteiger partial charge >= 0.3 is 0 Å². The minimum absolute atomic E-state index is 0.216. The third-order valence-electron chi connectivity index (χ3n) is 3.16. The fraction of sp³-hybridized carbons (Fsp3) is 0.500. The molecule has 18 heavy (non-hydrogen) atoms. The molecule has 0 radical (unpaired) electrons. The molecule has 6 nitrogen and oxygen atoms in total. The Labute approximate surface area is 109 Å². The zero-order chi connectivity index (χ0) is 12.8. The lowest BCUT2D eigenvalue weighted by molar-refractivity contribution is 0.536. The summed E-state index contributed by atoms with van der Waals surface area (Å²) in [6.45, 7) is 0. The van der Waals surface area contributed by atoms with Crippen LogP contribution in [-0.4, -0.2) is 33.8 Å². The average Bonchev–Trinajstić information content (AvgIpc) is 2.71. The lowest BCUT2D eigenvalue weighted by Gasteiger charge is -2.20. The number of aromatic nitrogens is 4. The largest absolute Gasteiger partial charge is 0.268 e. The van der Waals surface area contributed by atoms with Crippen LogP contribution in [0.2, 0.25) is 5.15 Å². The molecule has 0 spiro atoms. The number of nitrogens with zero attached hydrogens (tertiary/aromatic N) is 4. The number of hydrogen-bond acceptors (Lipinski definition) is 5. The normalized spacial score (nSPS) is 23.3. The summed E-state index contributed by atoms with van der Waals surface area (Å²) in [7, 11) is -3.13. The van der Waals surface area contributed by atoms with Crippen molar-refractivity contribution in [1.82, 2.24) is 19.6 Å². The highest BCUT2D eigenvalue weighted by molar-refractivity contribution is 7.91. The molecule has 0 saturated carbocycles. The molecule has 8 heteroatoms. The van der Waals surface area contributed by atoms with Crippen molar-refractivity contribution in [2.24, 2.45) is 0 Å². The number of hydrogen-bond donors (Lipinski definition) is 0. The van der Waals surface area contributed by atoms with Gasteiger partial charge in [0.05, 0.1) is 5.75 Å². The first kappa shape index (κ1) is 11.9. The Morgan fingerprint density at radius 3 is 2.94 bits per heavy atom. The van der Waals surface area contributed by atoms with E-state index in [0.29, 0.717) is 23.0 Å². The minimum atomic E-state index is -3.13. The molecule has 96 valence electrons. The Kier molecular flexibility index (Phi) is 2.74. The molecule has 3 heterocycles. The van der Waals surface area contributed by atoms with Crippen LogP contribution in [0.15, 0.2) is 12.4 Å². The molecular weight excluding hydrogens is 276 g/mol. The van der Waals surface area contributed by atoms with Crippen molar-refractivity contribution >= 4 is 27.1 Å². The van der Waals surface area contributed by atoms with Gasteiger partial charge in [0, 0.05) is 6.07 Å². The number of halogens is 1. The van der Waals surface area contributed by atoms with Crippen LogP contribution in [0, 0.1) is 0 Å². The zero-order valence-electron chi connectivity index (χ0n) is 9.45. The van der Waals surface area contributed by atoms with Gasteiger partial charge in [0.2, 0.25) is 0 Å². The summed E-state index contributed by atoms with van der Waals surface area (Å²) < 4.78 is 25.7. The fourth-order valence-electron chi connectivity index (χ4n) is 2.25. The highest BCUT2D eigenvalue weighted by atomic mass is 35.5. The van der Waals surface area contributed by atoms with Crippen molar-refractivity contribution in [3.8, 4) is 0 Å². The molecule has 3 rings (SSSR count). The van der Waals surface area contributed by atoms with Gasteiger partial charge in [-0.3, -0.25) is 4.40 Å². The molecule has 0 aromatic carbocycles. The van der Waals surface area contributed by atoms with Gasteiger partial charge in [0.25, 0.3) is 0 Å². The first-order chi connectivity index (χ1) is 8.58. The topological polar surface area (TPSA) is 77.2 Å². The molecule has 0 bridgehead atoms. The monoisotopic (exact) mass is 286 g/mol. The fourth-order valence-corrected chi connectivity index (χ4v) is 4.29. The molecule has 1 fully saturated rings. The van der Waals surface area contributed by atoms with Gasteiger partial charge in [0.15, 0.2) is 21.3 Å². The molecular formula is C10H11ClN4O2S. The molecule has 0 aliphatic carbocycles. The van der Waals surface area contributed by atoms with E-state index >= 15 is 0 Å². The van der Waals surface area contributed by atoms with E-state index in [1.807, 2.05) is 0 Å². The van der Waals surface area contributed by atoms with Crippen molar-refractivity contribution < 1.29 is 8.42 Å². The van der Waals surface area contributed by atoms with E-state index < -0.39 is 15.1 Å². The lowest BCUT2D eigenvalue weighted by Crippen LogP contribution is -2.23. The van der Waals surface area contributed by atoms with E-state index in [-0.39, 0.29) is 5.75 Å². The second-order valence-electron chi connectivity index (χ2n) is 4.35. The quantitative estimate of drug-likeness (QED) is 0.741. The van der Waals surface area contributed by atoms with Gasteiger partial charge in [-0.1, -0.05) is 18.0 Å². The van der Waals surface area contributed by atoms with Gasteiger partial charge in [-0.05, 0) is 12.8 Å². The third-order valence-corrected chi connectivity index (χ3v) is 5.54. The summed E-state index contributed by atoms with van der Waals surface area (Å²) >= 11 is 5.76. The molecule has 1 unspecified atom stereocenters. The van der Waals surface area contributed by atoms with Gasteiger partial charge in [-0.15, -0.1) is 10.2 Å². The SMILES string of the molecule is O=S1(=O)CCCCC1c1nnc2cc(Cl)ncn12. The van der Waals surface area contributed by atoms with Crippen LogP contribution in [0.1, 0.15) is 30.3 Å². The second kappa shape index (κ2) is 4.17. The Bertz CT molecular complexity index is 697. The smallest absolute Gasteiger partial charge is 0.165 e. The predicted molar refractivity (Wildman–Crippen MR) is 66.2 cm³/mol. The highest BCUT2D eigenvalue weighted by Crippen LogP contribution is 2.32. The number of rotatable bonds is 1. The van der Waals surface area contributed by atoms with E-state index in [0.717, 1.165) is 12.8 Å². The molecule has 1 saturated heterocycles. The summed E-state index contributed by atoms with van der Waals surface area (Å²) in [4.78, 5) is 3.94. The average molecular weight is 287 g/mol. The van der Waals surface area contributed by atoms with Crippen LogP contribution in [0.4, 0.5) is 0 Å². The molecule has 1 atom stereocenters. The maximum Gasteiger partial charge on any atom is 0.165 e. The molecule has 0 amide bonds. The van der Waals surface area contributed by atoms with Crippen LogP contribution in [0.5, 0.6) is 0 Å². The summed E-state index contributed by atoms with van der Waals surface area (Å²) in [5.41, 5.74) is 0.519. The van der Waals surface area contributed by atoms with Crippen molar-refractivity contribution in [1.29, 1.82) is 0 Å². The van der Waals surface area contributed by atoms with E-state index in [1.54, 1.807) is 10.5 Å².